The van der Waals surface area contributed by atoms with Gasteiger partial charge in [0.05, 0.1) is 4.70 Å². The van der Waals surface area contributed by atoms with Gasteiger partial charge >= 0.3 is 5.97 Å². The number of carbonyl (C=O) groups excluding carboxylic acids is 2. The maximum atomic E-state index is 12.3. The number of hydrogen-bond donors (Lipinski definition) is 0. The summed E-state index contributed by atoms with van der Waals surface area (Å²) < 4.78 is 6.40. The first kappa shape index (κ1) is 16.4. The minimum atomic E-state index is -0.560. The van der Waals surface area contributed by atoms with Crippen LogP contribution in [0.4, 0.5) is 5.13 Å². The topological polar surface area (TPSA) is 59.5 Å². The molecule has 124 valence electrons. The number of hydrogen-bond acceptors (Lipinski definition) is 7. The summed E-state index contributed by atoms with van der Waals surface area (Å²) >= 11 is 2.93. The third-order valence-corrected chi connectivity index (χ3v) is 6.26. The van der Waals surface area contributed by atoms with E-state index in [1.807, 2.05) is 6.07 Å². The molecule has 2 heterocycles. The summed E-state index contributed by atoms with van der Waals surface area (Å²) in [6.07, 6.45) is 2.45. The number of ether oxygens (including phenoxy) is 1. The molecule has 3 rings (SSSR count). The van der Waals surface area contributed by atoms with E-state index in [-0.39, 0.29) is 5.78 Å². The summed E-state index contributed by atoms with van der Waals surface area (Å²) in [6.45, 7) is 6.03. The molecule has 1 fully saturated rings. The first-order valence-corrected chi connectivity index (χ1v) is 9.64. The molecule has 0 aromatic carbocycles. The van der Waals surface area contributed by atoms with E-state index in [0.29, 0.717) is 17.7 Å². The monoisotopic (exact) mass is 352 g/mol. The van der Waals surface area contributed by atoms with E-state index < -0.39 is 12.1 Å². The molecule has 5 nitrogen and oxygen atoms in total. The Morgan fingerprint density at radius 1 is 1.35 bits per heavy atom. The maximum Gasteiger partial charge on any atom is 0.349 e. The number of aromatic nitrogens is 1. The van der Waals surface area contributed by atoms with Gasteiger partial charge in [-0.05, 0) is 39.2 Å². The second-order valence-corrected chi connectivity index (χ2v) is 7.59. The third-order valence-electron chi connectivity index (χ3n) is 4.06. The van der Waals surface area contributed by atoms with E-state index >= 15 is 0 Å². The van der Waals surface area contributed by atoms with Crippen LogP contribution >= 0.6 is 22.7 Å². The molecule has 1 aliphatic carbocycles. The van der Waals surface area contributed by atoms with E-state index in [0.717, 1.165) is 40.6 Å². The van der Waals surface area contributed by atoms with Crippen LogP contribution < -0.4 is 4.90 Å². The van der Waals surface area contributed by atoms with Crippen molar-refractivity contribution in [3.05, 3.63) is 10.9 Å². The minimum absolute atomic E-state index is 0.0462. The van der Waals surface area contributed by atoms with Crippen LogP contribution in [0.5, 0.6) is 0 Å². The van der Waals surface area contributed by atoms with Crippen molar-refractivity contribution in [1.82, 2.24) is 4.98 Å². The molecule has 0 N–H and O–H groups in total. The van der Waals surface area contributed by atoms with Gasteiger partial charge in [0.25, 0.3) is 0 Å². The number of thiazole rings is 1. The van der Waals surface area contributed by atoms with E-state index in [1.165, 1.54) is 11.3 Å². The Morgan fingerprint density at radius 3 is 2.78 bits per heavy atom. The molecule has 0 unspecified atom stereocenters. The lowest BCUT2D eigenvalue weighted by Crippen LogP contribution is -2.29. The summed E-state index contributed by atoms with van der Waals surface area (Å²) in [6, 6.07) is 1.83. The highest BCUT2D eigenvalue weighted by atomic mass is 32.1. The van der Waals surface area contributed by atoms with Gasteiger partial charge in [-0.3, -0.25) is 4.79 Å². The van der Waals surface area contributed by atoms with Crippen molar-refractivity contribution < 1.29 is 14.3 Å². The molecule has 0 radical (unpaired) electrons. The van der Waals surface area contributed by atoms with Crippen molar-refractivity contribution in [2.45, 2.75) is 45.6 Å². The molecule has 1 atom stereocenters. The van der Waals surface area contributed by atoms with Gasteiger partial charge in [0.1, 0.15) is 9.71 Å². The molecule has 0 aliphatic heterocycles. The average Bonchev–Trinajstić information content (AvgIpc) is 3.10. The van der Waals surface area contributed by atoms with Gasteiger partial charge < -0.3 is 9.64 Å². The highest BCUT2D eigenvalue weighted by Crippen LogP contribution is 2.35. The molecule has 1 saturated carbocycles. The fourth-order valence-corrected chi connectivity index (χ4v) is 4.94. The van der Waals surface area contributed by atoms with Crippen LogP contribution in [0.3, 0.4) is 0 Å². The summed E-state index contributed by atoms with van der Waals surface area (Å²) in [5.74, 6) is -0.352. The zero-order chi connectivity index (χ0) is 16.4. The van der Waals surface area contributed by atoms with Crippen molar-refractivity contribution in [1.29, 1.82) is 0 Å². The van der Waals surface area contributed by atoms with Crippen molar-refractivity contribution >= 4 is 49.1 Å². The number of nitrogens with zero attached hydrogens (tertiary/aromatic N) is 2. The first-order chi connectivity index (χ1) is 11.1. The lowest BCUT2D eigenvalue weighted by molar-refractivity contribution is -0.129. The summed E-state index contributed by atoms with van der Waals surface area (Å²) in [5, 5.41) is 0.985. The van der Waals surface area contributed by atoms with Crippen LogP contribution in [-0.2, 0) is 9.53 Å². The fourth-order valence-electron chi connectivity index (χ4n) is 2.72. The molecule has 2 aromatic heterocycles. The number of Topliss-reactive ketones (excluding diaryl/α,β-unsaturated/α-hetero) is 1. The number of esters is 1. The molecule has 0 bridgehead atoms. The standard InChI is InChI=1S/C16H20N2O3S2/c1-3-18(4-2)16-17-14-12(23-16)9-13(22-14)15(20)21-11-8-6-5-7-10(11)19/h9,11H,3-8H2,1-2H3/t11-/m0/s1. The van der Waals surface area contributed by atoms with Gasteiger partial charge in [0, 0.05) is 19.5 Å². The number of carbonyl (C=O) groups is 2. The van der Waals surface area contributed by atoms with Crippen LogP contribution in [-0.4, -0.2) is 35.9 Å². The molecule has 0 amide bonds. The molecule has 2 aromatic rings. The van der Waals surface area contributed by atoms with Crippen LogP contribution in [0.15, 0.2) is 6.07 Å². The molecule has 0 spiro atoms. The maximum absolute atomic E-state index is 12.3. The predicted molar refractivity (Wildman–Crippen MR) is 93.7 cm³/mol. The number of rotatable bonds is 5. The summed E-state index contributed by atoms with van der Waals surface area (Å²) in [7, 11) is 0. The Labute approximate surface area is 143 Å². The average molecular weight is 352 g/mol. The Bertz CT molecular complexity index is 687. The predicted octanol–water partition coefficient (Wildman–Crippen LogP) is 3.87. The second kappa shape index (κ2) is 6.97. The van der Waals surface area contributed by atoms with Crippen LogP contribution in [0, 0.1) is 0 Å². The van der Waals surface area contributed by atoms with Gasteiger partial charge in [0.2, 0.25) is 0 Å². The van der Waals surface area contributed by atoms with E-state index in [2.05, 4.69) is 23.7 Å². The van der Waals surface area contributed by atoms with Crippen LogP contribution in [0.2, 0.25) is 0 Å². The lowest BCUT2D eigenvalue weighted by Gasteiger charge is -2.20. The SMILES string of the molecule is CCN(CC)c1nc2sc(C(=O)O[C@H]3CCCCC3=O)cc2s1. The minimum Gasteiger partial charge on any atom is -0.450 e. The van der Waals surface area contributed by atoms with Crippen molar-refractivity contribution in [3.8, 4) is 0 Å². The summed E-state index contributed by atoms with van der Waals surface area (Å²) in [4.78, 5) is 32.2. The lowest BCUT2D eigenvalue weighted by atomic mass is 9.96. The Kier molecular flexibility index (Phi) is 4.96. The largest absolute Gasteiger partial charge is 0.450 e. The zero-order valence-electron chi connectivity index (χ0n) is 13.3. The van der Waals surface area contributed by atoms with Gasteiger partial charge in [-0.2, -0.15) is 0 Å². The van der Waals surface area contributed by atoms with Gasteiger partial charge in [-0.1, -0.05) is 11.3 Å². The zero-order valence-corrected chi connectivity index (χ0v) is 15.0. The Morgan fingerprint density at radius 2 is 2.13 bits per heavy atom. The number of anilines is 1. The first-order valence-electron chi connectivity index (χ1n) is 8.01. The normalized spacial score (nSPS) is 18.3. The van der Waals surface area contributed by atoms with Gasteiger partial charge in [-0.25, -0.2) is 9.78 Å². The smallest absolute Gasteiger partial charge is 0.349 e. The number of ketones is 1. The summed E-state index contributed by atoms with van der Waals surface area (Å²) in [5.41, 5.74) is 0. The Balaban J connectivity index is 1.74. The van der Waals surface area contributed by atoms with Crippen molar-refractivity contribution in [3.63, 3.8) is 0 Å². The molecular formula is C16H20N2O3S2. The quantitative estimate of drug-likeness (QED) is 0.765. The van der Waals surface area contributed by atoms with E-state index in [4.69, 9.17) is 4.74 Å². The molecule has 1 aliphatic rings. The van der Waals surface area contributed by atoms with Crippen LogP contribution in [0.1, 0.15) is 49.2 Å². The number of fused-ring (bicyclic) bond motifs is 1. The van der Waals surface area contributed by atoms with Gasteiger partial charge in [0.15, 0.2) is 17.0 Å². The molecule has 7 heteroatoms. The molecule has 23 heavy (non-hydrogen) atoms. The van der Waals surface area contributed by atoms with Crippen molar-refractivity contribution in [2.24, 2.45) is 0 Å². The fraction of sp³-hybridized carbons (Fsp3) is 0.562. The third kappa shape index (κ3) is 3.40. The highest BCUT2D eigenvalue weighted by molar-refractivity contribution is 7.29. The molecular weight excluding hydrogens is 332 g/mol. The molecule has 0 saturated heterocycles. The van der Waals surface area contributed by atoms with Crippen molar-refractivity contribution in [2.75, 3.05) is 18.0 Å². The van der Waals surface area contributed by atoms with E-state index in [9.17, 15) is 9.59 Å². The second-order valence-electron chi connectivity index (χ2n) is 5.55. The highest BCUT2D eigenvalue weighted by Gasteiger charge is 2.27. The van der Waals surface area contributed by atoms with Gasteiger partial charge in [-0.15, -0.1) is 11.3 Å². The van der Waals surface area contributed by atoms with E-state index in [1.54, 1.807) is 11.3 Å². The van der Waals surface area contributed by atoms with Crippen LogP contribution in [0.25, 0.3) is 9.53 Å². The number of thiophene rings is 1. The Hall–Kier alpha value is -1.47.